The Bertz CT molecular complexity index is 724. The van der Waals surface area contributed by atoms with Crippen LogP contribution in [-0.2, 0) is 10.3 Å². The number of benzene rings is 1. The molecular weight excluding hydrogens is 328 g/mol. The molecule has 7 heteroatoms. The predicted octanol–water partition coefficient (Wildman–Crippen LogP) is 2.81. The Labute approximate surface area is 143 Å². The highest BCUT2D eigenvalue weighted by Gasteiger charge is 2.39. The minimum atomic E-state index is -1.06. The van der Waals surface area contributed by atoms with Gasteiger partial charge in [-0.15, -0.1) is 11.3 Å². The summed E-state index contributed by atoms with van der Waals surface area (Å²) in [6.45, 7) is -0.436. The van der Waals surface area contributed by atoms with Crippen LogP contribution in [0.3, 0.4) is 0 Å². The first-order valence-electron chi connectivity index (χ1n) is 7.76. The van der Waals surface area contributed by atoms with Crippen molar-refractivity contribution in [2.24, 2.45) is 0 Å². The van der Waals surface area contributed by atoms with Crippen molar-refractivity contribution in [1.29, 1.82) is 0 Å². The van der Waals surface area contributed by atoms with Crippen molar-refractivity contribution in [1.82, 2.24) is 10.3 Å². The number of nitrogens with one attached hydrogen (secondary N) is 1. The zero-order valence-corrected chi connectivity index (χ0v) is 13.8. The Balaban J connectivity index is 1.76. The van der Waals surface area contributed by atoms with Crippen LogP contribution in [-0.4, -0.2) is 28.6 Å². The molecule has 0 aliphatic heterocycles. The van der Waals surface area contributed by atoms with Crippen LogP contribution in [0.25, 0.3) is 0 Å². The zero-order chi connectivity index (χ0) is 17.0. The van der Waals surface area contributed by atoms with Gasteiger partial charge in [0.2, 0.25) is 0 Å². The first kappa shape index (κ1) is 16.4. The Hall–Kier alpha value is -2.41. The summed E-state index contributed by atoms with van der Waals surface area (Å²) in [5.41, 5.74) is 0.0455. The molecule has 0 saturated heterocycles. The highest BCUT2D eigenvalue weighted by atomic mass is 32.1. The molecule has 2 N–H and O–H groups in total. The Morgan fingerprint density at radius 1 is 1.33 bits per heavy atom. The summed E-state index contributed by atoms with van der Waals surface area (Å²) in [6, 6.07) is 6.55. The third-order valence-corrected chi connectivity index (χ3v) is 5.09. The third-order valence-electron chi connectivity index (χ3n) is 4.11. The molecule has 0 bridgehead atoms. The first-order chi connectivity index (χ1) is 11.6. The number of rotatable bonds is 6. The van der Waals surface area contributed by atoms with Gasteiger partial charge >= 0.3 is 5.97 Å². The maximum Gasteiger partial charge on any atom is 0.341 e. The lowest BCUT2D eigenvalue weighted by Crippen LogP contribution is -2.43. The molecule has 1 amide bonds. The fraction of sp³-hybridized carbons (Fsp3) is 0.353. The summed E-state index contributed by atoms with van der Waals surface area (Å²) in [4.78, 5) is 27.7. The number of aromatic nitrogens is 1. The molecule has 1 fully saturated rings. The predicted molar refractivity (Wildman–Crippen MR) is 89.3 cm³/mol. The summed E-state index contributed by atoms with van der Waals surface area (Å²) in [5, 5.41) is 14.7. The van der Waals surface area contributed by atoms with Crippen molar-refractivity contribution in [3.05, 3.63) is 46.4 Å². The van der Waals surface area contributed by atoms with Crippen molar-refractivity contribution in [3.63, 3.8) is 0 Å². The summed E-state index contributed by atoms with van der Waals surface area (Å²) < 4.78 is 5.14. The fourth-order valence-corrected chi connectivity index (χ4v) is 3.85. The van der Waals surface area contributed by atoms with Crippen molar-refractivity contribution < 1.29 is 19.4 Å². The van der Waals surface area contributed by atoms with E-state index >= 15 is 0 Å². The second-order valence-electron chi connectivity index (χ2n) is 5.79. The number of carboxylic acid groups (broad SMARTS) is 1. The second kappa shape index (κ2) is 7.00. The van der Waals surface area contributed by atoms with Gasteiger partial charge in [-0.05, 0) is 31.0 Å². The molecule has 0 unspecified atom stereocenters. The van der Waals surface area contributed by atoms with E-state index in [0.717, 1.165) is 30.7 Å². The second-order valence-corrected chi connectivity index (χ2v) is 6.69. The number of nitrogens with zero attached hydrogens (tertiary/aromatic N) is 1. The lowest BCUT2D eigenvalue weighted by molar-refractivity contribution is -0.139. The monoisotopic (exact) mass is 346 g/mol. The number of aliphatic carboxylic acids is 1. The SMILES string of the molecule is O=C(O)COc1cccc(C(=O)NC2(c3nccs3)CCCC2)c1. The molecule has 0 atom stereocenters. The maximum atomic E-state index is 12.7. The molecule has 2 aromatic rings. The lowest BCUT2D eigenvalue weighted by atomic mass is 9.97. The molecule has 1 aliphatic carbocycles. The number of carbonyl (C=O) groups is 2. The van der Waals surface area contributed by atoms with Gasteiger partial charge < -0.3 is 15.2 Å². The normalized spacial score (nSPS) is 15.8. The van der Waals surface area contributed by atoms with E-state index in [2.05, 4.69) is 10.3 Å². The van der Waals surface area contributed by atoms with Crippen LogP contribution in [0.2, 0.25) is 0 Å². The number of carbonyl (C=O) groups excluding carboxylic acids is 1. The molecule has 1 heterocycles. The number of ether oxygens (including phenoxy) is 1. The number of hydrogen-bond acceptors (Lipinski definition) is 5. The van der Waals surface area contributed by atoms with E-state index in [0.29, 0.717) is 11.3 Å². The van der Waals surface area contributed by atoms with E-state index in [9.17, 15) is 9.59 Å². The zero-order valence-electron chi connectivity index (χ0n) is 13.0. The van der Waals surface area contributed by atoms with Crippen LogP contribution >= 0.6 is 11.3 Å². The van der Waals surface area contributed by atoms with Crippen LogP contribution in [0.4, 0.5) is 0 Å². The fourth-order valence-electron chi connectivity index (χ4n) is 2.99. The molecular formula is C17H18N2O4S. The van der Waals surface area contributed by atoms with Gasteiger partial charge in [-0.2, -0.15) is 0 Å². The van der Waals surface area contributed by atoms with E-state index in [-0.39, 0.29) is 5.91 Å². The van der Waals surface area contributed by atoms with E-state index in [4.69, 9.17) is 9.84 Å². The number of amides is 1. The van der Waals surface area contributed by atoms with Gasteiger partial charge in [0, 0.05) is 17.1 Å². The van der Waals surface area contributed by atoms with E-state index in [1.807, 2.05) is 5.38 Å². The third kappa shape index (κ3) is 3.56. The molecule has 3 rings (SSSR count). The van der Waals surface area contributed by atoms with E-state index in [1.54, 1.807) is 41.8 Å². The summed E-state index contributed by atoms with van der Waals surface area (Å²) in [7, 11) is 0. The smallest absolute Gasteiger partial charge is 0.341 e. The van der Waals surface area contributed by atoms with Gasteiger partial charge in [0.05, 0.1) is 5.54 Å². The molecule has 1 aliphatic rings. The molecule has 1 aromatic carbocycles. The Morgan fingerprint density at radius 3 is 2.79 bits per heavy atom. The van der Waals surface area contributed by atoms with Crippen molar-refractivity contribution in [2.45, 2.75) is 31.2 Å². The number of thiazole rings is 1. The molecule has 0 spiro atoms. The molecule has 6 nitrogen and oxygen atoms in total. The minimum Gasteiger partial charge on any atom is -0.482 e. The molecule has 1 aromatic heterocycles. The first-order valence-corrected chi connectivity index (χ1v) is 8.64. The minimum absolute atomic E-state index is 0.201. The Morgan fingerprint density at radius 2 is 2.12 bits per heavy atom. The average molecular weight is 346 g/mol. The lowest BCUT2D eigenvalue weighted by Gasteiger charge is -2.28. The number of carboxylic acids is 1. The van der Waals surface area contributed by atoms with Gasteiger partial charge in [-0.1, -0.05) is 18.9 Å². The van der Waals surface area contributed by atoms with Gasteiger partial charge in [-0.25, -0.2) is 9.78 Å². The summed E-state index contributed by atoms with van der Waals surface area (Å²) in [5.74, 6) is -0.897. The molecule has 0 radical (unpaired) electrons. The maximum absolute atomic E-state index is 12.7. The van der Waals surface area contributed by atoms with Gasteiger partial charge in [0.15, 0.2) is 6.61 Å². The van der Waals surface area contributed by atoms with Crippen LogP contribution in [0, 0.1) is 0 Å². The van der Waals surface area contributed by atoms with Gasteiger partial charge in [0.25, 0.3) is 5.91 Å². The van der Waals surface area contributed by atoms with Crippen LogP contribution < -0.4 is 10.1 Å². The standard InChI is InChI=1S/C17H18N2O4S/c20-14(21)11-23-13-5-3-4-12(10-13)15(22)19-17(6-1-2-7-17)16-18-8-9-24-16/h3-5,8-10H,1-2,6-7,11H2,(H,19,22)(H,20,21). The Kier molecular flexibility index (Phi) is 4.80. The molecule has 24 heavy (non-hydrogen) atoms. The van der Waals surface area contributed by atoms with Crippen LogP contribution in [0.5, 0.6) is 5.75 Å². The quantitative estimate of drug-likeness (QED) is 0.840. The highest BCUT2D eigenvalue weighted by Crippen LogP contribution is 2.39. The van der Waals surface area contributed by atoms with Gasteiger partial charge in [0.1, 0.15) is 10.8 Å². The summed E-state index contributed by atoms with van der Waals surface area (Å²) in [6.07, 6.45) is 5.62. The van der Waals surface area contributed by atoms with Crippen molar-refractivity contribution in [3.8, 4) is 5.75 Å². The summed E-state index contributed by atoms with van der Waals surface area (Å²) >= 11 is 1.55. The topological polar surface area (TPSA) is 88.5 Å². The average Bonchev–Trinajstić information content (AvgIpc) is 3.25. The van der Waals surface area contributed by atoms with Crippen LogP contribution in [0.1, 0.15) is 41.0 Å². The highest BCUT2D eigenvalue weighted by molar-refractivity contribution is 7.09. The molecule has 126 valence electrons. The van der Waals surface area contributed by atoms with Gasteiger partial charge in [-0.3, -0.25) is 4.79 Å². The molecule has 1 saturated carbocycles. The van der Waals surface area contributed by atoms with E-state index < -0.39 is 18.1 Å². The largest absolute Gasteiger partial charge is 0.482 e. The van der Waals surface area contributed by atoms with Crippen molar-refractivity contribution in [2.75, 3.05) is 6.61 Å². The van der Waals surface area contributed by atoms with E-state index in [1.165, 1.54) is 0 Å². The van der Waals surface area contributed by atoms with Crippen LogP contribution in [0.15, 0.2) is 35.8 Å². The number of hydrogen-bond donors (Lipinski definition) is 2. The van der Waals surface area contributed by atoms with Crippen molar-refractivity contribution >= 4 is 23.2 Å².